The highest BCUT2D eigenvalue weighted by atomic mass is 32.1. The second-order valence-corrected chi connectivity index (χ2v) is 36.3. The van der Waals surface area contributed by atoms with Crippen molar-refractivity contribution < 1.29 is 8.83 Å². The average Bonchev–Trinajstić information content (AvgIpc) is 1.58. The van der Waals surface area contributed by atoms with E-state index < -0.39 is 0 Å². The Balaban J connectivity index is 0.000000101. The van der Waals surface area contributed by atoms with Crippen LogP contribution in [0.25, 0.3) is 262 Å². The third kappa shape index (κ3) is 11.8. The van der Waals surface area contributed by atoms with Gasteiger partial charge in [-0.3, -0.25) is 0 Å². The molecule has 0 fully saturated rings. The summed E-state index contributed by atoms with van der Waals surface area (Å²) in [5, 5.41) is 22.3. The highest BCUT2D eigenvalue weighted by molar-refractivity contribution is 7.25. The van der Waals surface area contributed by atoms with E-state index >= 15 is 0 Å². The van der Waals surface area contributed by atoms with Gasteiger partial charge in [0.15, 0.2) is 5.58 Å². The lowest BCUT2D eigenvalue weighted by molar-refractivity contribution is 0.666. The molecule has 9 heteroatoms. The van der Waals surface area contributed by atoms with Gasteiger partial charge in [0, 0.05) is 135 Å². The number of hydrogen-bond donors (Lipinski definition) is 0. The van der Waals surface area contributed by atoms with E-state index in [-0.39, 0.29) is 0 Å². The molecule has 0 radical (unpaired) electrons. The molecule has 30 rings (SSSR count). The third-order valence-corrected chi connectivity index (χ3v) is 29.1. The number of hydrogen-bond acceptors (Lipinski definition) is 3. The number of benzene rings is 21. The molecule has 0 unspecified atom stereocenters. The predicted octanol–water partition coefficient (Wildman–Crippen LogP) is 34.8. The van der Waals surface area contributed by atoms with Gasteiger partial charge < -0.3 is 36.2 Å². The fraction of sp³-hybridized carbons (Fsp3) is 0. The Hall–Kier alpha value is -17.8. The van der Waals surface area contributed by atoms with Crippen molar-refractivity contribution in [2.24, 2.45) is 0 Å². The monoisotopic (exact) mass is 1740 g/mol. The number of para-hydroxylation sites is 12. The van der Waals surface area contributed by atoms with Crippen LogP contribution in [0.2, 0.25) is 0 Å². The molecule has 0 aliphatic carbocycles. The summed E-state index contributed by atoms with van der Waals surface area (Å²) in [5.74, 6) is 0. The largest absolute Gasteiger partial charge is 0.456 e. The Morgan fingerprint density at radius 2 is 0.459 bits per heavy atom. The Morgan fingerprint density at radius 3 is 0.926 bits per heavy atom. The maximum atomic E-state index is 6.52. The summed E-state index contributed by atoms with van der Waals surface area (Å²) >= 11 is 1.87. The molecule has 0 aliphatic rings. The van der Waals surface area contributed by atoms with E-state index in [1.165, 1.54) is 196 Å². The quantitative estimate of drug-likeness (QED) is 0.145. The molecule has 630 valence electrons. The SMILES string of the molecule is c1ccc(-n2c3ccccc3c3c(-c4ccc5c(c4)c4ccccc4n5-c4ccc5oc6ccccc6c5c4)cccc32)cc1.c1ccc(-n2c3ccccc3c3c(-c4ccc5c(c4)c4ccccc4n5-c4ccc5sc6ccccc6c5c4)cccc32)cc1.c1ccc(-n2c3ccccc3c3cc(-c4cccc5c4c4ccccc4n5-c4cccc5c4oc4ccccc45)ccc32)cc1. The third-order valence-electron chi connectivity index (χ3n) is 27.9. The molecular formula is C126H78N6O2S. The van der Waals surface area contributed by atoms with Crippen LogP contribution in [-0.2, 0) is 0 Å². The second kappa shape index (κ2) is 30.4. The van der Waals surface area contributed by atoms with Crippen LogP contribution in [0, 0.1) is 0 Å². The molecule has 0 bridgehead atoms. The van der Waals surface area contributed by atoms with Crippen molar-refractivity contribution in [3.63, 3.8) is 0 Å². The molecule has 0 spiro atoms. The lowest BCUT2D eigenvalue weighted by atomic mass is 9.98. The van der Waals surface area contributed by atoms with E-state index in [2.05, 4.69) is 476 Å². The number of fused-ring (bicyclic) bond motifs is 27. The maximum absolute atomic E-state index is 6.52. The van der Waals surface area contributed by atoms with Crippen LogP contribution >= 0.6 is 11.3 Å². The van der Waals surface area contributed by atoms with Gasteiger partial charge in [-0.15, -0.1) is 11.3 Å². The minimum Gasteiger partial charge on any atom is -0.456 e. The Labute approximate surface area is 777 Å². The van der Waals surface area contributed by atoms with Crippen molar-refractivity contribution in [3.05, 3.63) is 473 Å². The van der Waals surface area contributed by atoms with Gasteiger partial charge in [0.2, 0.25) is 0 Å². The summed E-state index contributed by atoms with van der Waals surface area (Å²) in [6, 6.07) is 171. The van der Waals surface area contributed by atoms with Gasteiger partial charge in [-0.05, 0) is 221 Å². The molecule has 30 aromatic rings. The first-order valence-corrected chi connectivity index (χ1v) is 46.9. The Bertz CT molecular complexity index is 9720. The summed E-state index contributed by atoms with van der Waals surface area (Å²) in [6.45, 7) is 0. The van der Waals surface area contributed by atoms with Gasteiger partial charge in [0.05, 0.1) is 71.9 Å². The van der Waals surface area contributed by atoms with Crippen molar-refractivity contribution in [2.45, 2.75) is 0 Å². The number of aromatic nitrogens is 6. The predicted molar refractivity (Wildman–Crippen MR) is 569 cm³/mol. The molecule has 0 N–H and O–H groups in total. The minimum atomic E-state index is 0.905. The summed E-state index contributed by atoms with van der Waals surface area (Å²) < 4.78 is 29.7. The van der Waals surface area contributed by atoms with E-state index in [0.29, 0.717) is 0 Å². The van der Waals surface area contributed by atoms with Crippen molar-refractivity contribution >= 4 is 206 Å². The van der Waals surface area contributed by atoms with Crippen molar-refractivity contribution in [1.82, 2.24) is 27.4 Å². The summed E-state index contributed by atoms with van der Waals surface area (Å²) in [7, 11) is 0. The Kier molecular flexibility index (Phi) is 17.2. The molecule has 0 amide bonds. The fourth-order valence-corrected chi connectivity index (χ4v) is 23.3. The highest BCUT2D eigenvalue weighted by Crippen LogP contribution is 2.49. The lowest BCUT2D eigenvalue weighted by Crippen LogP contribution is -1.94. The number of thiophene rings is 1. The summed E-state index contributed by atoms with van der Waals surface area (Å²) in [6.07, 6.45) is 0. The maximum Gasteiger partial charge on any atom is 0.159 e. The topological polar surface area (TPSA) is 55.9 Å². The highest BCUT2D eigenvalue weighted by Gasteiger charge is 2.26. The number of nitrogens with zero attached hydrogens (tertiary/aromatic N) is 6. The molecule has 9 heterocycles. The zero-order valence-corrected chi connectivity index (χ0v) is 73.8. The van der Waals surface area contributed by atoms with E-state index in [4.69, 9.17) is 8.83 Å². The summed E-state index contributed by atoms with van der Waals surface area (Å²) in [4.78, 5) is 0. The first kappa shape index (κ1) is 76.1. The van der Waals surface area contributed by atoms with Gasteiger partial charge in [-0.2, -0.15) is 0 Å². The zero-order chi connectivity index (χ0) is 88.5. The second-order valence-electron chi connectivity index (χ2n) is 35.2. The molecular weight excluding hydrogens is 1660 g/mol. The van der Waals surface area contributed by atoms with E-state index in [1.807, 2.05) is 35.6 Å². The van der Waals surface area contributed by atoms with Crippen molar-refractivity contribution in [3.8, 4) is 67.5 Å². The van der Waals surface area contributed by atoms with Crippen LogP contribution in [0.1, 0.15) is 0 Å². The van der Waals surface area contributed by atoms with Gasteiger partial charge in [-0.1, -0.05) is 285 Å². The standard InChI is InChI=1S/2C42H26N2O.C42H26N2S/c1-2-12-28(13-3-1)43-35-19-7-4-14-30(35)34-26-27(24-25-37(34)43)29-17-10-21-38-41(29)33-16-5-8-20-36(33)44(38)39-22-11-18-32-31-15-6-9-23-40(31)45-42(32)39;2*1-2-11-28(12-3-1)43-37-18-8-5-15-33(37)42-30(16-10-19-39(42)43)27-21-23-38-34(25-27)31-13-4-7-17-36(31)44(38)29-22-24-41-35(26-29)32-14-6-9-20-40(32)45-41/h3*1-26H. The van der Waals surface area contributed by atoms with Crippen LogP contribution in [0.3, 0.4) is 0 Å². The van der Waals surface area contributed by atoms with Gasteiger partial charge >= 0.3 is 0 Å². The van der Waals surface area contributed by atoms with Crippen LogP contribution in [-0.4, -0.2) is 27.4 Å². The van der Waals surface area contributed by atoms with Crippen LogP contribution in [0.5, 0.6) is 0 Å². The minimum absolute atomic E-state index is 0.905. The fourth-order valence-electron chi connectivity index (χ4n) is 22.2. The number of rotatable bonds is 9. The molecule has 0 aliphatic heterocycles. The first-order valence-electron chi connectivity index (χ1n) is 46.1. The van der Waals surface area contributed by atoms with E-state index in [9.17, 15) is 0 Å². The van der Waals surface area contributed by atoms with Gasteiger partial charge in [0.1, 0.15) is 16.7 Å². The first-order chi connectivity index (χ1) is 67.0. The molecule has 0 saturated heterocycles. The van der Waals surface area contributed by atoms with E-state index in [1.54, 1.807) is 0 Å². The summed E-state index contributed by atoms with van der Waals surface area (Å²) in [5.41, 5.74) is 32.3. The normalized spacial score (nSPS) is 12.0. The number of furan rings is 2. The molecule has 0 atom stereocenters. The average molecular weight is 1740 g/mol. The molecule has 21 aromatic carbocycles. The smallest absolute Gasteiger partial charge is 0.159 e. The van der Waals surface area contributed by atoms with Gasteiger partial charge in [-0.25, -0.2) is 0 Å². The molecule has 9 aromatic heterocycles. The van der Waals surface area contributed by atoms with Gasteiger partial charge in [0.25, 0.3) is 0 Å². The van der Waals surface area contributed by atoms with Crippen molar-refractivity contribution in [1.29, 1.82) is 0 Å². The van der Waals surface area contributed by atoms with Crippen LogP contribution in [0.4, 0.5) is 0 Å². The molecule has 135 heavy (non-hydrogen) atoms. The zero-order valence-electron chi connectivity index (χ0n) is 72.9. The van der Waals surface area contributed by atoms with Crippen molar-refractivity contribution in [2.75, 3.05) is 0 Å². The molecule has 8 nitrogen and oxygen atoms in total. The molecule has 0 saturated carbocycles. The lowest BCUT2D eigenvalue weighted by Gasteiger charge is -2.10. The van der Waals surface area contributed by atoms with Crippen LogP contribution in [0.15, 0.2) is 482 Å². The van der Waals surface area contributed by atoms with E-state index in [0.717, 1.165) is 66.3 Å². The Morgan fingerprint density at radius 1 is 0.156 bits per heavy atom. The van der Waals surface area contributed by atoms with Crippen LogP contribution < -0.4 is 0 Å².